The van der Waals surface area contributed by atoms with E-state index in [0.717, 1.165) is 37.8 Å². The van der Waals surface area contributed by atoms with Crippen LogP contribution in [0.4, 0.5) is 0 Å². The molecule has 0 spiro atoms. The number of hydrogen-bond donors (Lipinski definition) is 1. The van der Waals surface area contributed by atoms with E-state index >= 15 is 0 Å². The SMILES string of the molecule is CN=C(NCc1ccc(OCCOC)cc1)N1CCC(C)C(n2ccnc2)C1.I. The first-order chi connectivity index (χ1) is 13.7. The molecule has 1 fully saturated rings. The average Bonchev–Trinajstić information content (AvgIpc) is 3.25. The Morgan fingerprint density at radius 3 is 2.72 bits per heavy atom. The van der Waals surface area contributed by atoms with Gasteiger partial charge in [-0.15, -0.1) is 24.0 Å². The van der Waals surface area contributed by atoms with Crippen LogP contribution < -0.4 is 10.1 Å². The molecule has 29 heavy (non-hydrogen) atoms. The zero-order valence-corrected chi connectivity index (χ0v) is 19.8. The predicted octanol–water partition coefficient (Wildman–Crippen LogP) is 3.18. The summed E-state index contributed by atoms with van der Waals surface area (Å²) >= 11 is 0. The van der Waals surface area contributed by atoms with E-state index in [0.29, 0.717) is 25.2 Å². The van der Waals surface area contributed by atoms with Gasteiger partial charge in [-0.1, -0.05) is 19.1 Å². The Balaban J connectivity index is 0.00000300. The molecule has 2 heterocycles. The van der Waals surface area contributed by atoms with Gasteiger partial charge in [-0.2, -0.15) is 0 Å². The topological polar surface area (TPSA) is 63.9 Å². The van der Waals surface area contributed by atoms with Crippen molar-refractivity contribution in [1.82, 2.24) is 19.8 Å². The van der Waals surface area contributed by atoms with Crippen LogP contribution in [0.25, 0.3) is 0 Å². The maximum absolute atomic E-state index is 5.62. The molecule has 3 rings (SSSR count). The van der Waals surface area contributed by atoms with Crippen LogP contribution in [0, 0.1) is 5.92 Å². The number of rotatable bonds is 7. The van der Waals surface area contributed by atoms with Gasteiger partial charge in [0.1, 0.15) is 12.4 Å². The monoisotopic (exact) mass is 513 g/mol. The minimum Gasteiger partial charge on any atom is -0.491 e. The highest BCUT2D eigenvalue weighted by Gasteiger charge is 2.28. The van der Waals surface area contributed by atoms with Crippen LogP contribution in [-0.4, -0.2) is 60.9 Å². The summed E-state index contributed by atoms with van der Waals surface area (Å²) in [5, 5.41) is 3.50. The Hall–Kier alpha value is -1.81. The highest BCUT2D eigenvalue weighted by Crippen LogP contribution is 2.27. The molecule has 0 amide bonds. The number of ether oxygens (including phenoxy) is 2. The molecule has 2 unspecified atom stereocenters. The van der Waals surface area contributed by atoms with Crippen LogP contribution in [0.15, 0.2) is 48.0 Å². The van der Waals surface area contributed by atoms with Crippen molar-refractivity contribution in [3.63, 3.8) is 0 Å². The lowest BCUT2D eigenvalue weighted by molar-refractivity contribution is 0.146. The first-order valence-electron chi connectivity index (χ1n) is 9.85. The molecule has 1 aromatic heterocycles. The van der Waals surface area contributed by atoms with Crippen LogP contribution in [0.3, 0.4) is 0 Å². The van der Waals surface area contributed by atoms with E-state index in [9.17, 15) is 0 Å². The van der Waals surface area contributed by atoms with E-state index in [1.165, 1.54) is 5.56 Å². The van der Waals surface area contributed by atoms with Gasteiger partial charge in [0.15, 0.2) is 5.96 Å². The molecule has 8 heteroatoms. The van der Waals surface area contributed by atoms with Crippen molar-refractivity contribution in [2.75, 3.05) is 40.5 Å². The maximum Gasteiger partial charge on any atom is 0.193 e. The van der Waals surface area contributed by atoms with E-state index in [1.54, 1.807) is 7.11 Å². The minimum absolute atomic E-state index is 0. The lowest BCUT2D eigenvalue weighted by atomic mass is 9.93. The summed E-state index contributed by atoms with van der Waals surface area (Å²) in [5.74, 6) is 2.42. The summed E-state index contributed by atoms with van der Waals surface area (Å²) in [6, 6.07) is 8.56. The molecular weight excluding hydrogens is 481 g/mol. The average molecular weight is 513 g/mol. The molecule has 1 aliphatic rings. The van der Waals surface area contributed by atoms with Crippen LogP contribution in [0.1, 0.15) is 24.9 Å². The smallest absolute Gasteiger partial charge is 0.193 e. The molecule has 0 bridgehead atoms. The fourth-order valence-electron chi connectivity index (χ4n) is 3.55. The van der Waals surface area contributed by atoms with Crippen LogP contribution in [-0.2, 0) is 11.3 Å². The maximum atomic E-state index is 5.62. The third-order valence-corrected chi connectivity index (χ3v) is 5.27. The van der Waals surface area contributed by atoms with Gasteiger partial charge in [-0.05, 0) is 30.0 Å². The fraction of sp³-hybridized carbons (Fsp3) is 0.524. The second-order valence-corrected chi connectivity index (χ2v) is 7.18. The predicted molar refractivity (Wildman–Crippen MR) is 126 cm³/mol. The number of guanidine groups is 1. The first kappa shape index (κ1) is 23.5. The zero-order valence-electron chi connectivity index (χ0n) is 17.5. The quantitative estimate of drug-likeness (QED) is 0.267. The number of benzene rings is 1. The first-order valence-corrected chi connectivity index (χ1v) is 9.85. The van der Waals surface area contributed by atoms with E-state index in [1.807, 2.05) is 31.7 Å². The fourth-order valence-corrected chi connectivity index (χ4v) is 3.55. The standard InChI is InChI=1S/C21H31N5O2.HI/c1-17-8-10-25(15-20(17)26-11-9-23-16-26)21(22-2)24-14-18-4-6-19(7-5-18)28-13-12-27-3;/h4-7,9,11,16-17,20H,8,10,12-15H2,1-3H3,(H,22,24);1H. The number of nitrogens with zero attached hydrogens (tertiary/aromatic N) is 4. The third kappa shape index (κ3) is 6.60. The van der Waals surface area contributed by atoms with Gasteiger partial charge >= 0.3 is 0 Å². The summed E-state index contributed by atoms with van der Waals surface area (Å²) in [5.41, 5.74) is 1.19. The van der Waals surface area contributed by atoms with Gasteiger partial charge < -0.3 is 24.3 Å². The van der Waals surface area contributed by atoms with Crippen molar-refractivity contribution in [2.45, 2.75) is 25.9 Å². The van der Waals surface area contributed by atoms with Crippen molar-refractivity contribution in [1.29, 1.82) is 0 Å². The van der Waals surface area contributed by atoms with Gasteiger partial charge in [0, 0.05) is 46.2 Å². The summed E-state index contributed by atoms with van der Waals surface area (Å²) in [4.78, 5) is 11.1. The molecule has 2 aromatic rings. The summed E-state index contributed by atoms with van der Waals surface area (Å²) in [6.07, 6.45) is 6.95. The number of methoxy groups -OCH3 is 1. The molecule has 1 saturated heterocycles. The Bertz CT molecular complexity index is 736. The van der Waals surface area contributed by atoms with Gasteiger partial charge in [-0.25, -0.2) is 4.98 Å². The van der Waals surface area contributed by atoms with Crippen molar-refractivity contribution in [2.24, 2.45) is 10.9 Å². The van der Waals surface area contributed by atoms with E-state index < -0.39 is 0 Å². The lowest BCUT2D eigenvalue weighted by Crippen LogP contribution is -2.48. The number of piperidine rings is 1. The Morgan fingerprint density at radius 1 is 1.28 bits per heavy atom. The molecule has 0 aliphatic carbocycles. The van der Waals surface area contributed by atoms with Gasteiger partial charge in [0.2, 0.25) is 0 Å². The molecule has 7 nitrogen and oxygen atoms in total. The second-order valence-electron chi connectivity index (χ2n) is 7.18. The van der Waals surface area contributed by atoms with E-state index in [-0.39, 0.29) is 24.0 Å². The number of halogens is 1. The second kappa shape index (κ2) is 12.0. The molecule has 1 aliphatic heterocycles. The molecule has 1 N–H and O–H groups in total. The van der Waals surface area contributed by atoms with Gasteiger partial charge in [-0.3, -0.25) is 4.99 Å². The molecule has 2 atom stereocenters. The van der Waals surface area contributed by atoms with Crippen molar-refractivity contribution in [3.05, 3.63) is 48.5 Å². The summed E-state index contributed by atoms with van der Waals surface area (Å²) in [6.45, 7) is 6.14. The number of aliphatic imine (C=N–C) groups is 1. The van der Waals surface area contributed by atoms with Crippen LogP contribution >= 0.6 is 24.0 Å². The summed E-state index contributed by atoms with van der Waals surface area (Å²) < 4.78 is 12.8. The van der Waals surface area contributed by atoms with Crippen molar-refractivity contribution in [3.8, 4) is 5.75 Å². The van der Waals surface area contributed by atoms with E-state index in [4.69, 9.17) is 9.47 Å². The largest absolute Gasteiger partial charge is 0.491 e. The Kier molecular flexibility index (Phi) is 9.72. The number of aromatic nitrogens is 2. The zero-order chi connectivity index (χ0) is 19.8. The van der Waals surface area contributed by atoms with Gasteiger partial charge in [0.05, 0.1) is 19.0 Å². The Morgan fingerprint density at radius 2 is 2.07 bits per heavy atom. The molecule has 0 radical (unpaired) electrons. The van der Waals surface area contributed by atoms with E-state index in [2.05, 4.69) is 50.0 Å². The molecule has 1 aromatic carbocycles. The minimum atomic E-state index is 0. The number of nitrogens with one attached hydrogen (secondary N) is 1. The molecule has 160 valence electrons. The van der Waals surface area contributed by atoms with Crippen molar-refractivity contribution < 1.29 is 9.47 Å². The van der Waals surface area contributed by atoms with Crippen LogP contribution in [0.2, 0.25) is 0 Å². The Labute approximate surface area is 190 Å². The number of hydrogen-bond acceptors (Lipinski definition) is 4. The summed E-state index contributed by atoms with van der Waals surface area (Å²) in [7, 11) is 3.52. The van der Waals surface area contributed by atoms with Gasteiger partial charge in [0.25, 0.3) is 0 Å². The van der Waals surface area contributed by atoms with Crippen molar-refractivity contribution >= 4 is 29.9 Å². The molecule has 0 saturated carbocycles. The highest BCUT2D eigenvalue weighted by atomic mass is 127. The molecular formula is C21H32IN5O2. The lowest BCUT2D eigenvalue weighted by Gasteiger charge is -2.39. The number of imidazole rings is 1. The van der Waals surface area contributed by atoms with Crippen LogP contribution in [0.5, 0.6) is 5.75 Å². The number of likely N-dealkylation sites (tertiary alicyclic amines) is 1. The third-order valence-electron chi connectivity index (χ3n) is 5.27. The normalized spacial score (nSPS) is 19.6. The highest BCUT2D eigenvalue weighted by molar-refractivity contribution is 14.0.